The zero-order valence-electron chi connectivity index (χ0n) is 11.4. The predicted octanol–water partition coefficient (Wildman–Crippen LogP) is 3.51. The first-order valence-electron chi connectivity index (χ1n) is 6.37. The monoisotopic (exact) mass is 342 g/mol. The van der Waals surface area contributed by atoms with Crippen LogP contribution in [0.2, 0.25) is 0 Å². The Labute approximate surface area is 131 Å². The summed E-state index contributed by atoms with van der Waals surface area (Å²) in [6.45, 7) is 0.0833. The second kappa shape index (κ2) is 5.92. The van der Waals surface area contributed by atoms with Crippen molar-refractivity contribution in [1.82, 2.24) is 9.78 Å². The van der Waals surface area contributed by atoms with Crippen molar-refractivity contribution in [3.8, 4) is 16.5 Å². The highest BCUT2D eigenvalue weighted by Gasteiger charge is 2.30. The van der Waals surface area contributed by atoms with E-state index in [0.29, 0.717) is 5.56 Å². The van der Waals surface area contributed by atoms with Crippen molar-refractivity contribution in [2.45, 2.75) is 12.9 Å². The van der Waals surface area contributed by atoms with E-state index in [1.54, 1.807) is 12.1 Å². The molecule has 0 aliphatic rings. The van der Waals surface area contributed by atoms with Gasteiger partial charge in [0.05, 0.1) is 11.4 Å². The molecule has 0 aliphatic heterocycles. The molecule has 3 aromatic rings. The number of ether oxygens (including phenoxy) is 1. The lowest BCUT2D eigenvalue weighted by Gasteiger charge is -2.09. The van der Waals surface area contributed by atoms with Crippen molar-refractivity contribution in [2.75, 3.05) is 0 Å². The van der Waals surface area contributed by atoms with Gasteiger partial charge in [-0.1, -0.05) is 18.2 Å². The molecule has 2 heterocycles. The Morgan fingerprint density at radius 3 is 2.57 bits per heavy atom. The minimum Gasteiger partial charge on any atom is -0.406 e. The minimum atomic E-state index is -4.74. The maximum Gasteiger partial charge on any atom is 0.573 e. The molecule has 120 valence electrons. The number of hydrogen-bond acceptors (Lipinski definition) is 5. The largest absolute Gasteiger partial charge is 0.573 e. The number of rotatable bonds is 4. The van der Waals surface area contributed by atoms with Crippen LogP contribution in [-0.2, 0) is 6.54 Å². The standard InChI is InChI=1S/C14H9F3N2O3S/c15-14(16,17)22-10-5-3-9(4-6-10)8-19-13(20)21-12(18-19)11-2-1-7-23-11/h1-7H,8H2. The smallest absolute Gasteiger partial charge is 0.406 e. The number of hydrogen-bond donors (Lipinski definition) is 0. The van der Waals surface area contributed by atoms with E-state index >= 15 is 0 Å². The highest BCUT2D eigenvalue weighted by Crippen LogP contribution is 2.23. The topological polar surface area (TPSA) is 57.3 Å². The van der Waals surface area contributed by atoms with E-state index in [4.69, 9.17) is 4.42 Å². The van der Waals surface area contributed by atoms with E-state index in [1.165, 1.54) is 35.6 Å². The van der Waals surface area contributed by atoms with Crippen LogP contribution in [-0.4, -0.2) is 16.1 Å². The van der Waals surface area contributed by atoms with E-state index in [-0.39, 0.29) is 18.2 Å². The van der Waals surface area contributed by atoms with Gasteiger partial charge >= 0.3 is 12.1 Å². The Bertz CT molecular complexity index is 836. The van der Waals surface area contributed by atoms with Crippen LogP contribution < -0.4 is 10.5 Å². The third-order valence-corrected chi connectivity index (χ3v) is 3.69. The van der Waals surface area contributed by atoms with Gasteiger partial charge in [-0.3, -0.25) is 0 Å². The molecule has 0 saturated heterocycles. The summed E-state index contributed by atoms with van der Waals surface area (Å²) < 4.78 is 46.2. The SMILES string of the molecule is O=c1oc(-c2cccs2)nn1Cc1ccc(OC(F)(F)F)cc1. The Hall–Kier alpha value is -2.55. The molecular weight excluding hydrogens is 333 g/mol. The van der Waals surface area contributed by atoms with Crippen molar-refractivity contribution in [3.63, 3.8) is 0 Å². The van der Waals surface area contributed by atoms with Gasteiger partial charge in [0.2, 0.25) is 0 Å². The molecule has 0 amide bonds. The van der Waals surface area contributed by atoms with E-state index in [9.17, 15) is 18.0 Å². The van der Waals surface area contributed by atoms with Gasteiger partial charge in [-0.15, -0.1) is 29.6 Å². The third-order valence-electron chi connectivity index (χ3n) is 2.83. The van der Waals surface area contributed by atoms with Crippen LogP contribution in [0.15, 0.2) is 51.0 Å². The van der Waals surface area contributed by atoms with E-state index in [2.05, 4.69) is 9.84 Å². The van der Waals surface area contributed by atoms with Gasteiger partial charge in [0.15, 0.2) is 0 Å². The van der Waals surface area contributed by atoms with Crippen LogP contribution in [0.5, 0.6) is 5.75 Å². The summed E-state index contributed by atoms with van der Waals surface area (Å²) in [4.78, 5) is 12.5. The number of aromatic nitrogens is 2. The summed E-state index contributed by atoms with van der Waals surface area (Å²) in [6.07, 6.45) is -4.74. The maximum atomic E-state index is 12.1. The molecule has 0 saturated carbocycles. The first-order chi connectivity index (χ1) is 10.9. The molecule has 0 bridgehead atoms. The fraction of sp³-hybridized carbons (Fsp3) is 0.143. The molecule has 5 nitrogen and oxygen atoms in total. The number of nitrogens with zero attached hydrogens (tertiary/aromatic N) is 2. The van der Waals surface area contributed by atoms with Gasteiger partial charge < -0.3 is 9.15 Å². The number of thiophene rings is 1. The first kappa shape index (κ1) is 15.3. The molecule has 0 aliphatic carbocycles. The molecule has 0 spiro atoms. The Morgan fingerprint density at radius 1 is 1.22 bits per heavy atom. The van der Waals surface area contributed by atoms with Gasteiger partial charge in [-0.25, -0.2) is 4.79 Å². The summed E-state index contributed by atoms with van der Waals surface area (Å²) in [5.74, 6) is -0.751. The lowest BCUT2D eigenvalue weighted by atomic mass is 10.2. The van der Waals surface area contributed by atoms with Gasteiger partial charge in [0.25, 0.3) is 5.89 Å². The minimum absolute atomic E-state index is 0.0833. The van der Waals surface area contributed by atoms with Crippen molar-refractivity contribution in [3.05, 3.63) is 57.9 Å². The first-order valence-corrected chi connectivity index (χ1v) is 7.25. The van der Waals surface area contributed by atoms with Crippen LogP contribution in [0.25, 0.3) is 10.8 Å². The highest BCUT2D eigenvalue weighted by atomic mass is 32.1. The molecule has 1 aromatic carbocycles. The summed E-state index contributed by atoms with van der Waals surface area (Å²) >= 11 is 1.38. The molecule has 0 fully saturated rings. The van der Waals surface area contributed by atoms with Crippen LogP contribution in [0.4, 0.5) is 13.2 Å². The molecule has 23 heavy (non-hydrogen) atoms. The summed E-state index contributed by atoms with van der Waals surface area (Å²) in [5.41, 5.74) is 0.590. The second-order valence-electron chi connectivity index (χ2n) is 4.50. The quantitative estimate of drug-likeness (QED) is 0.728. The van der Waals surface area contributed by atoms with Crippen LogP contribution in [0, 0.1) is 0 Å². The second-order valence-corrected chi connectivity index (χ2v) is 5.45. The van der Waals surface area contributed by atoms with Gasteiger partial charge in [0, 0.05) is 0 Å². The van der Waals surface area contributed by atoms with Gasteiger partial charge in [-0.05, 0) is 29.1 Å². The molecule has 3 rings (SSSR count). The van der Waals surface area contributed by atoms with E-state index < -0.39 is 12.1 Å². The summed E-state index contributed by atoms with van der Waals surface area (Å²) in [5, 5.41) is 5.89. The van der Waals surface area contributed by atoms with E-state index in [0.717, 1.165) is 9.56 Å². The zero-order valence-corrected chi connectivity index (χ0v) is 12.2. The average molecular weight is 342 g/mol. The Morgan fingerprint density at radius 2 is 1.96 bits per heavy atom. The molecule has 0 N–H and O–H groups in total. The summed E-state index contributed by atoms with van der Waals surface area (Å²) in [6, 6.07) is 8.77. The lowest BCUT2D eigenvalue weighted by molar-refractivity contribution is -0.274. The highest BCUT2D eigenvalue weighted by molar-refractivity contribution is 7.13. The molecule has 9 heteroatoms. The Kier molecular flexibility index (Phi) is 3.95. The Balaban J connectivity index is 1.76. The van der Waals surface area contributed by atoms with Gasteiger partial charge in [0.1, 0.15) is 5.75 Å². The number of alkyl halides is 3. The third kappa shape index (κ3) is 3.81. The van der Waals surface area contributed by atoms with Crippen LogP contribution in [0.3, 0.4) is 0 Å². The predicted molar refractivity (Wildman–Crippen MR) is 76.3 cm³/mol. The molecule has 0 unspecified atom stereocenters. The summed E-state index contributed by atoms with van der Waals surface area (Å²) in [7, 11) is 0. The molecule has 0 radical (unpaired) electrons. The number of benzene rings is 1. The van der Waals surface area contributed by atoms with Gasteiger partial charge in [-0.2, -0.15) is 4.68 Å². The van der Waals surface area contributed by atoms with Crippen molar-refractivity contribution in [2.24, 2.45) is 0 Å². The molecule has 2 aromatic heterocycles. The van der Waals surface area contributed by atoms with Crippen LogP contribution >= 0.6 is 11.3 Å². The van der Waals surface area contributed by atoms with E-state index in [1.807, 2.05) is 5.38 Å². The average Bonchev–Trinajstić information content (AvgIpc) is 3.10. The van der Waals surface area contributed by atoms with Crippen LogP contribution in [0.1, 0.15) is 5.56 Å². The maximum absolute atomic E-state index is 12.1. The molecular formula is C14H9F3N2O3S. The fourth-order valence-corrected chi connectivity index (χ4v) is 2.52. The number of halogens is 3. The van der Waals surface area contributed by atoms with Crippen molar-refractivity contribution in [1.29, 1.82) is 0 Å². The fourth-order valence-electron chi connectivity index (χ4n) is 1.88. The molecule has 0 atom stereocenters. The zero-order chi connectivity index (χ0) is 16.4. The van der Waals surface area contributed by atoms with Crippen molar-refractivity contribution >= 4 is 11.3 Å². The normalized spacial score (nSPS) is 11.6. The lowest BCUT2D eigenvalue weighted by Crippen LogP contribution is -2.18. The van der Waals surface area contributed by atoms with Crippen molar-refractivity contribution < 1.29 is 22.3 Å².